The number of hydrogen-bond acceptors (Lipinski definition) is 5. The predicted octanol–water partition coefficient (Wildman–Crippen LogP) is 2.52. The summed E-state index contributed by atoms with van der Waals surface area (Å²) in [5, 5.41) is 11.8. The second-order valence-electron chi connectivity index (χ2n) is 5.23. The van der Waals surface area contributed by atoms with Crippen molar-refractivity contribution in [1.82, 2.24) is 24.3 Å². The maximum absolute atomic E-state index is 11.2. The number of carbonyl (C=O) groups excluding carboxylic acids is 1. The van der Waals surface area contributed by atoms with E-state index in [0.717, 1.165) is 34.7 Å². The van der Waals surface area contributed by atoms with E-state index in [1.54, 1.807) is 24.3 Å². The van der Waals surface area contributed by atoms with Gasteiger partial charge in [-0.1, -0.05) is 17.8 Å². The Kier molecular flexibility index (Phi) is 4.95. The molecule has 2 aromatic heterocycles. The van der Waals surface area contributed by atoms with Crippen LogP contribution in [-0.4, -0.2) is 36.0 Å². The highest BCUT2D eigenvalue weighted by atomic mass is 32.2. The van der Waals surface area contributed by atoms with Crippen LogP contribution in [0.3, 0.4) is 0 Å². The molecule has 2 heterocycles. The maximum Gasteiger partial charge on any atom is 0.221 e. The molecule has 124 valence electrons. The summed E-state index contributed by atoms with van der Waals surface area (Å²) in [6.07, 6.45) is 5.45. The van der Waals surface area contributed by atoms with Crippen LogP contribution < -0.4 is 5.32 Å². The first-order chi connectivity index (χ1) is 11.6. The van der Waals surface area contributed by atoms with E-state index < -0.39 is 0 Å². The van der Waals surface area contributed by atoms with E-state index in [9.17, 15) is 4.79 Å². The first kappa shape index (κ1) is 16.3. The summed E-state index contributed by atoms with van der Waals surface area (Å²) < 4.78 is 4.02. The van der Waals surface area contributed by atoms with E-state index >= 15 is 0 Å². The summed E-state index contributed by atoms with van der Waals surface area (Å²) in [6, 6.07) is 7.60. The van der Waals surface area contributed by atoms with Gasteiger partial charge in [0.2, 0.25) is 5.91 Å². The van der Waals surface area contributed by atoms with Crippen LogP contribution in [0.2, 0.25) is 0 Å². The molecule has 0 unspecified atom stereocenters. The van der Waals surface area contributed by atoms with Gasteiger partial charge in [0.25, 0.3) is 0 Å². The van der Waals surface area contributed by atoms with Gasteiger partial charge in [-0.25, -0.2) is 4.98 Å². The lowest BCUT2D eigenvalue weighted by Gasteiger charge is -2.09. The van der Waals surface area contributed by atoms with Gasteiger partial charge in [-0.05, 0) is 25.1 Å². The summed E-state index contributed by atoms with van der Waals surface area (Å²) in [7, 11) is 0. The third-order valence-electron chi connectivity index (χ3n) is 3.45. The van der Waals surface area contributed by atoms with Crippen molar-refractivity contribution in [3.8, 4) is 5.69 Å². The Balaban J connectivity index is 1.71. The first-order valence-electron chi connectivity index (χ1n) is 7.52. The molecule has 0 aliphatic carbocycles. The highest BCUT2D eigenvalue weighted by Gasteiger charge is 2.08. The standard InChI is InChI=1S/C16H18N6OS/c1-12-17-6-7-21(12)8-9-24-16-20-18-11-22(16)15-5-3-4-14(10-15)19-13(2)23/h3-7,10-11H,8-9H2,1-2H3,(H,19,23). The van der Waals surface area contributed by atoms with Crippen molar-refractivity contribution in [2.45, 2.75) is 25.5 Å². The average molecular weight is 342 g/mol. The number of hydrogen-bond donors (Lipinski definition) is 1. The van der Waals surface area contributed by atoms with Gasteiger partial charge in [-0.3, -0.25) is 9.36 Å². The van der Waals surface area contributed by atoms with Crippen LogP contribution >= 0.6 is 11.8 Å². The molecule has 8 heteroatoms. The largest absolute Gasteiger partial charge is 0.334 e. The molecule has 0 saturated carbocycles. The summed E-state index contributed by atoms with van der Waals surface area (Å²) in [5.41, 5.74) is 1.66. The fourth-order valence-corrected chi connectivity index (χ4v) is 3.18. The highest BCUT2D eigenvalue weighted by Crippen LogP contribution is 2.22. The van der Waals surface area contributed by atoms with Gasteiger partial charge in [0.1, 0.15) is 12.2 Å². The monoisotopic (exact) mass is 342 g/mol. The van der Waals surface area contributed by atoms with E-state index in [4.69, 9.17) is 0 Å². The van der Waals surface area contributed by atoms with Gasteiger partial charge in [0, 0.05) is 37.3 Å². The van der Waals surface area contributed by atoms with Crippen molar-refractivity contribution >= 4 is 23.4 Å². The fraction of sp³-hybridized carbons (Fsp3) is 0.250. The molecule has 0 saturated heterocycles. The lowest BCUT2D eigenvalue weighted by molar-refractivity contribution is -0.114. The number of thioether (sulfide) groups is 1. The molecule has 1 N–H and O–H groups in total. The topological polar surface area (TPSA) is 77.6 Å². The lowest BCUT2D eigenvalue weighted by Crippen LogP contribution is -2.06. The van der Waals surface area contributed by atoms with Crippen molar-refractivity contribution in [3.05, 3.63) is 48.8 Å². The second kappa shape index (κ2) is 7.31. The number of anilines is 1. The third kappa shape index (κ3) is 3.83. The molecule has 7 nitrogen and oxygen atoms in total. The molecule has 0 aliphatic heterocycles. The number of aryl methyl sites for hydroxylation is 2. The minimum Gasteiger partial charge on any atom is -0.334 e. The molecular weight excluding hydrogens is 324 g/mol. The Morgan fingerprint density at radius 2 is 2.25 bits per heavy atom. The molecule has 3 aromatic rings. The fourth-order valence-electron chi connectivity index (χ4n) is 2.31. The molecule has 0 fully saturated rings. The Labute approximate surface area is 144 Å². The zero-order valence-corrected chi connectivity index (χ0v) is 14.3. The van der Waals surface area contributed by atoms with Crippen LogP contribution in [-0.2, 0) is 11.3 Å². The number of nitrogens with zero attached hydrogens (tertiary/aromatic N) is 5. The number of benzene rings is 1. The van der Waals surface area contributed by atoms with Crippen LogP contribution in [0.25, 0.3) is 5.69 Å². The number of aromatic nitrogens is 5. The second-order valence-corrected chi connectivity index (χ2v) is 6.29. The van der Waals surface area contributed by atoms with Gasteiger partial charge in [-0.15, -0.1) is 10.2 Å². The van der Waals surface area contributed by atoms with Gasteiger partial charge in [-0.2, -0.15) is 0 Å². The lowest BCUT2D eigenvalue weighted by atomic mass is 10.2. The number of nitrogens with one attached hydrogen (secondary N) is 1. The molecule has 0 radical (unpaired) electrons. The zero-order valence-electron chi connectivity index (χ0n) is 13.5. The van der Waals surface area contributed by atoms with E-state index in [0.29, 0.717) is 0 Å². The highest BCUT2D eigenvalue weighted by molar-refractivity contribution is 7.99. The average Bonchev–Trinajstić information content (AvgIpc) is 3.17. The van der Waals surface area contributed by atoms with Gasteiger partial charge in [0.05, 0.1) is 5.69 Å². The molecule has 1 amide bonds. The Bertz CT molecular complexity index is 840. The first-order valence-corrected chi connectivity index (χ1v) is 8.50. The SMILES string of the molecule is CC(=O)Nc1cccc(-n2cnnc2SCCn2ccnc2C)c1. The number of amides is 1. The molecule has 0 atom stereocenters. The van der Waals surface area contributed by atoms with Crippen molar-refractivity contribution in [1.29, 1.82) is 0 Å². The van der Waals surface area contributed by atoms with E-state index in [1.165, 1.54) is 6.92 Å². The molecule has 1 aromatic carbocycles. The molecule has 0 aliphatic rings. The van der Waals surface area contributed by atoms with Gasteiger partial charge < -0.3 is 9.88 Å². The van der Waals surface area contributed by atoms with Gasteiger partial charge in [0.15, 0.2) is 5.16 Å². The Hall–Kier alpha value is -2.61. The van der Waals surface area contributed by atoms with E-state index in [2.05, 4.69) is 25.1 Å². The molecule has 3 rings (SSSR count). The van der Waals surface area contributed by atoms with Crippen molar-refractivity contribution in [2.24, 2.45) is 0 Å². The summed E-state index contributed by atoms with van der Waals surface area (Å²) >= 11 is 1.63. The third-order valence-corrected chi connectivity index (χ3v) is 4.37. The van der Waals surface area contributed by atoms with Crippen molar-refractivity contribution in [3.63, 3.8) is 0 Å². The minimum absolute atomic E-state index is 0.0961. The molecular formula is C16H18N6OS. The summed E-state index contributed by atoms with van der Waals surface area (Å²) in [4.78, 5) is 15.4. The Morgan fingerprint density at radius 1 is 1.38 bits per heavy atom. The van der Waals surface area contributed by atoms with E-state index in [1.807, 2.05) is 42.0 Å². The molecule has 24 heavy (non-hydrogen) atoms. The summed E-state index contributed by atoms with van der Waals surface area (Å²) in [5.74, 6) is 1.77. The van der Waals surface area contributed by atoms with Crippen LogP contribution in [0.5, 0.6) is 0 Å². The normalized spacial score (nSPS) is 10.8. The summed E-state index contributed by atoms with van der Waals surface area (Å²) in [6.45, 7) is 4.33. The van der Waals surface area contributed by atoms with Crippen LogP contribution in [0.4, 0.5) is 5.69 Å². The molecule has 0 bridgehead atoms. The predicted molar refractivity (Wildman–Crippen MR) is 93.4 cm³/mol. The van der Waals surface area contributed by atoms with Crippen LogP contribution in [0.15, 0.2) is 48.1 Å². The zero-order chi connectivity index (χ0) is 16.9. The maximum atomic E-state index is 11.2. The van der Waals surface area contributed by atoms with Gasteiger partial charge >= 0.3 is 0 Å². The quantitative estimate of drug-likeness (QED) is 0.697. The van der Waals surface area contributed by atoms with Crippen LogP contribution in [0, 0.1) is 6.92 Å². The van der Waals surface area contributed by atoms with E-state index in [-0.39, 0.29) is 5.91 Å². The number of carbonyl (C=O) groups is 1. The smallest absolute Gasteiger partial charge is 0.221 e. The Morgan fingerprint density at radius 3 is 3.00 bits per heavy atom. The van der Waals surface area contributed by atoms with Crippen molar-refractivity contribution in [2.75, 3.05) is 11.1 Å². The number of rotatable bonds is 6. The minimum atomic E-state index is -0.0961. The number of imidazole rings is 1. The van der Waals surface area contributed by atoms with Crippen LogP contribution in [0.1, 0.15) is 12.7 Å². The molecule has 0 spiro atoms. The van der Waals surface area contributed by atoms with Crippen molar-refractivity contribution < 1.29 is 4.79 Å².